The van der Waals surface area contributed by atoms with Gasteiger partial charge in [0.15, 0.2) is 5.69 Å². The zero-order chi connectivity index (χ0) is 17.6. The number of ether oxygens (including phenoxy) is 2. The Hall–Kier alpha value is -3.00. The highest BCUT2D eigenvalue weighted by Gasteiger charge is 2.16. The van der Waals surface area contributed by atoms with Crippen molar-refractivity contribution in [1.29, 1.82) is 0 Å². The number of hydrogen-bond donors (Lipinski definition) is 2. The molecule has 130 valence electrons. The molecule has 0 radical (unpaired) electrons. The molecule has 1 atom stereocenters. The normalized spacial score (nSPS) is 16.4. The maximum absolute atomic E-state index is 12.2. The number of aromatic carboxylic acids is 1. The van der Waals surface area contributed by atoms with Gasteiger partial charge < -0.3 is 19.9 Å². The molecule has 0 aliphatic carbocycles. The average molecular weight is 343 g/mol. The fourth-order valence-corrected chi connectivity index (χ4v) is 2.38. The van der Waals surface area contributed by atoms with E-state index in [0.717, 1.165) is 31.8 Å². The van der Waals surface area contributed by atoms with Gasteiger partial charge in [0.2, 0.25) is 0 Å². The van der Waals surface area contributed by atoms with Crippen LogP contribution in [0.2, 0.25) is 0 Å². The Morgan fingerprint density at radius 3 is 2.76 bits per heavy atom. The summed E-state index contributed by atoms with van der Waals surface area (Å²) in [6.45, 7) is 1.24. The van der Waals surface area contributed by atoms with Crippen molar-refractivity contribution >= 4 is 17.6 Å². The van der Waals surface area contributed by atoms with Gasteiger partial charge in [-0.25, -0.2) is 14.8 Å². The summed E-state index contributed by atoms with van der Waals surface area (Å²) in [5.74, 6) is -1.06. The average Bonchev–Trinajstić information content (AvgIpc) is 3.14. The van der Waals surface area contributed by atoms with Gasteiger partial charge in [0.25, 0.3) is 5.91 Å². The molecule has 3 rings (SSSR count). The summed E-state index contributed by atoms with van der Waals surface area (Å²) >= 11 is 0. The molecule has 1 fully saturated rings. The van der Waals surface area contributed by atoms with Crippen molar-refractivity contribution in [1.82, 2.24) is 9.97 Å². The smallest absolute Gasteiger partial charge is 0.356 e. The molecule has 8 heteroatoms. The van der Waals surface area contributed by atoms with Crippen LogP contribution in [-0.4, -0.2) is 46.3 Å². The van der Waals surface area contributed by atoms with E-state index in [1.807, 2.05) is 0 Å². The highest BCUT2D eigenvalue weighted by Crippen LogP contribution is 2.20. The van der Waals surface area contributed by atoms with Gasteiger partial charge in [0.1, 0.15) is 18.1 Å². The van der Waals surface area contributed by atoms with E-state index in [1.165, 1.54) is 0 Å². The summed E-state index contributed by atoms with van der Waals surface area (Å²) in [6.07, 6.45) is 4.31. The topological polar surface area (TPSA) is 111 Å². The van der Waals surface area contributed by atoms with E-state index < -0.39 is 11.9 Å². The van der Waals surface area contributed by atoms with Gasteiger partial charge in [-0.3, -0.25) is 4.79 Å². The highest BCUT2D eigenvalue weighted by molar-refractivity contribution is 6.02. The molecule has 0 spiro atoms. The molecule has 1 aromatic heterocycles. The molecular weight excluding hydrogens is 326 g/mol. The SMILES string of the molecule is O=C(O)c1cnc(C(=O)Nc2cccc(OCC3CCCO3)c2)cn1. The molecule has 25 heavy (non-hydrogen) atoms. The monoisotopic (exact) mass is 343 g/mol. The second-order valence-electron chi connectivity index (χ2n) is 5.52. The summed E-state index contributed by atoms with van der Waals surface area (Å²) in [7, 11) is 0. The molecule has 1 unspecified atom stereocenters. The minimum atomic E-state index is -1.20. The number of anilines is 1. The number of rotatable bonds is 6. The minimum absolute atomic E-state index is 0.0238. The zero-order valence-corrected chi connectivity index (χ0v) is 13.3. The summed E-state index contributed by atoms with van der Waals surface area (Å²) in [6, 6.07) is 6.98. The Morgan fingerprint density at radius 1 is 1.28 bits per heavy atom. The Morgan fingerprint density at radius 2 is 2.08 bits per heavy atom. The second-order valence-corrected chi connectivity index (χ2v) is 5.52. The van der Waals surface area contributed by atoms with Crippen molar-refractivity contribution in [3.63, 3.8) is 0 Å². The summed E-state index contributed by atoms with van der Waals surface area (Å²) in [4.78, 5) is 30.4. The van der Waals surface area contributed by atoms with Crippen molar-refractivity contribution < 1.29 is 24.2 Å². The fourth-order valence-electron chi connectivity index (χ4n) is 2.38. The standard InChI is InChI=1S/C17H17N3O5/c21-16(14-8-19-15(9-18-14)17(22)23)20-11-3-1-4-12(7-11)25-10-13-5-2-6-24-13/h1,3-4,7-9,13H,2,5-6,10H2,(H,20,21)(H,22,23). The molecule has 0 bridgehead atoms. The third kappa shape index (κ3) is 4.51. The lowest BCUT2D eigenvalue weighted by Gasteiger charge is -2.12. The highest BCUT2D eigenvalue weighted by atomic mass is 16.5. The number of amides is 1. The van der Waals surface area contributed by atoms with Gasteiger partial charge in [0.05, 0.1) is 18.5 Å². The lowest BCUT2D eigenvalue weighted by Crippen LogP contribution is -2.17. The Balaban J connectivity index is 1.60. The molecule has 0 saturated carbocycles. The van der Waals surface area contributed by atoms with E-state index in [2.05, 4.69) is 15.3 Å². The molecule has 2 aromatic rings. The third-order valence-corrected chi connectivity index (χ3v) is 3.66. The lowest BCUT2D eigenvalue weighted by molar-refractivity contribution is 0.0679. The summed E-state index contributed by atoms with van der Waals surface area (Å²) in [5, 5.41) is 11.5. The third-order valence-electron chi connectivity index (χ3n) is 3.66. The molecule has 1 saturated heterocycles. The van der Waals surface area contributed by atoms with Crippen molar-refractivity contribution in [3.05, 3.63) is 48.0 Å². The summed E-state index contributed by atoms with van der Waals surface area (Å²) in [5.41, 5.74) is 0.343. The van der Waals surface area contributed by atoms with Crippen LogP contribution in [0.15, 0.2) is 36.7 Å². The first kappa shape index (κ1) is 16.8. The van der Waals surface area contributed by atoms with E-state index in [4.69, 9.17) is 14.6 Å². The number of carboxylic acids is 1. The van der Waals surface area contributed by atoms with Crippen molar-refractivity contribution in [2.75, 3.05) is 18.5 Å². The largest absolute Gasteiger partial charge is 0.491 e. The summed E-state index contributed by atoms with van der Waals surface area (Å²) < 4.78 is 11.2. The number of carboxylic acid groups (broad SMARTS) is 1. The number of nitrogens with zero attached hydrogens (tertiary/aromatic N) is 2. The van der Waals surface area contributed by atoms with Crippen LogP contribution in [0.3, 0.4) is 0 Å². The van der Waals surface area contributed by atoms with Crippen molar-refractivity contribution in [2.24, 2.45) is 0 Å². The molecule has 2 heterocycles. The maximum Gasteiger partial charge on any atom is 0.356 e. The second kappa shape index (κ2) is 7.71. The van der Waals surface area contributed by atoms with Crippen LogP contribution < -0.4 is 10.1 Å². The van der Waals surface area contributed by atoms with E-state index in [0.29, 0.717) is 18.0 Å². The molecule has 8 nitrogen and oxygen atoms in total. The first-order valence-electron chi connectivity index (χ1n) is 7.83. The Labute approximate surface area is 143 Å². The van der Waals surface area contributed by atoms with E-state index in [1.54, 1.807) is 24.3 Å². The van der Waals surface area contributed by atoms with Crippen LogP contribution in [-0.2, 0) is 4.74 Å². The molecule has 1 aromatic carbocycles. The quantitative estimate of drug-likeness (QED) is 0.825. The van der Waals surface area contributed by atoms with Gasteiger partial charge >= 0.3 is 5.97 Å². The van der Waals surface area contributed by atoms with E-state index in [-0.39, 0.29) is 17.5 Å². The predicted octanol–water partition coefficient (Wildman–Crippen LogP) is 1.98. The lowest BCUT2D eigenvalue weighted by atomic mass is 10.2. The van der Waals surface area contributed by atoms with E-state index in [9.17, 15) is 9.59 Å². The Kier molecular flexibility index (Phi) is 5.20. The molecule has 1 amide bonds. The van der Waals surface area contributed by atoms with Crippen LogP contribution in [0, 0.1) is 0 Å². The number of nitrogens with one attached hydrogen (secondary N) is 1. The predicted molar refractivity (Wildman–Crippen MR) is 87.9 cm³/mol. The van der Waals surface area contributed by atoms with Crippen LogP contribution in [0.1, 0.15) is 33.8 Å². The van der Waals surface area contributed by atoms with Gasteiger partial charge in [-0.2, -0.15) is 0 Å². The van der Waals surface area contributed by atoms with Gasteiger partial charge in [-0.05, 0) is 25.0 Å². The van der Waals surface area contributed by atoms with Crippen LogP contribution in [0.25, 0.3) is 0 Å². The molecule has 1 aliphatic heterocycles. The van der Waals surface area contributed by atoms with Gasteiger partial charge in [-0.1, -0.05) is 6.07 Å². The number of hydrogen-bond acceptors (Lipinski definition) is 6. The fraction of sp³-hybridized carbons (Fsp3) is 0.294. The Bertz CT molecular complexity index is 757. The van der Waals surface area contributed by atoms with Crippen LogP contribution >= 0.6 is 0 Å². The number of carbonyl (C=O) groups excluding carboxylic acids is 1. The molecular formula is C17H17N3O5. The maximum atomic E-state index is 12.2. The van der Waals surface area contributed by atoms with Crippen LogP contribution in [0.5, 0.6) is 5.75 Å². The van der Waals surface area contributed by atoms with E-state index >= 15 is 0 Å². The van der Waals surface area contributed by atoms with Crippen molar-refractivity contribution in [3.8, 4) is 5.75 Å². The first-order valence-corrected chi connectivity index (χ1v) is 7.83. The minimum Gasteiger partial charge on any atom is -0.491 e. The van der Waals surface area contributed by atoms with Gasteiger partial charge in [0, 0.05) is 18.4 Å². The number of aromatic nitrogens is 2. The van der Waals surface area contributed by atoms with Gasteiger partial charge in [-0.15, -0.1) is 0 Å². The first-order chi connectivity index (χ1) is 12.1. The van der Waals surface area contributed by atoms with Crippen LogP contribution in [0.4, 0.5) is 5.69 Å². The molecule has 1 aliphatic rings. The zero-order valence-electron chi connectivity index (χ0n) is 13.3. The number of benzene rings is 1. The molecule has 2 N–H and O–H groups in total. The van der Waals surface area contributed by atoms with Crippen molar-refractivity contribution in [2.45, 2.75) is 18.9 Å². The number of carbonyl (C=O) groups is 2.